The number of nitrogens with zero attached hydrogens (tertiary/aromatic N) is 1. The molecule has 2 saturated heterocycles. The zero-order valence-corrected chi connectivity index (χ0v) is 11.9. The van der Waals surface area contributed by atoms with E-state index in [1.54, 1.807) is 11.8 Å². The van der Waals surface area contributed by atoms with Gasteiger partial charge in [0.1, 0.15) is 0 Å². The highest BCUT2D eigenvalue weighted by Crippen LogP contribution is 2.22. The molecular formula is C13H24N2O2S. The third-order valence-corrected chi connectivity index (χ3v) is 5.36. The normalized spacial score (nSPS) is 30.4. The van der Waals surface area contributed by atoms with E-state index in [2.05, 4.69) is 12.2 Å². The van der Waals surface area contributed by atoms with Crippen LogP contribution in [0.2, 0.25) is 0 Å². The van der Waals surface area contributed by atoms with Crippen LogP contribution >= 0.6 is 11.8 Å². The zero-order chi connectivity index (χ0) is 13.0. The summed E-state index contributed by atoms with van der Waals surface area (Å²) in [6.07, 6.45) is 2.91. The van der Waals surface area contributed by atoms with E-state index in [1.165, 1.54) is 0 Å². The lowest BCUT2D eigenvalue weighted by molar-refractivity contribution is -0.132. The molecule has 2 aliphatic rings. The smallest absolute Gasteiger partial charge is 0.232 e. The van der Waals surface area contributed by atoms with Crippen molar-refractivity contribution in [2.45, 2.75) is 37.5 Å². The van der Waals surface area contributed by atoms with E-state index in [0.717, 1.165) is 38.9 Å². The number of hydrogen-bond acceptors (Lipinski definition) is 4. The van der Waals surface area contributed by atoms with Crippen LogP contribution in [0.3, 0.4) is 0 Å². The van der Waals surface area contributed by atoms with Crippen molar-refractivity contribution in [3.63, 3.8) is 0 Å². The maximum absolute atomic E-state index is 12.1. The highest BCUT2D eigenvalue weighted by atomic mass is 32.2. The second kappa shape index (κ2) is 6.78. The van der Waals surface area contributed by atoms with Gasteiger partial charge in [0.2, 0.25) is 5.91 Å². The molecule has 2 fully saturated rings. The van der Waals surface area contributed by atoms with Crippen molar-refractivity contribution in [3.8, 4) is 0 Å². The van der Waals surface area contributed by atoms with Gasteiger partial charge in [-0.05, 0) is 38.3 Å². The summed E-state index contributed by atoms with van der Waals surface area (Å²) in [5, 5.41) is 13.8. The van der Waals surface area contributed by atoms with Gasteiger partial charge in [0.05, 0.1) is 11.9 Å². The average Bonchev–Trinajstić information content (AvgIpc) is 2.40. The summed E-state index contributed by atoms with van der Waals surface area (Å²) in [7, 11) is 0. The predicted octanol–water partition coefficient (Wildman–Crippen LogP) is 0.701. The van der Waals surface area contributed by atoms with Crippen molar-refractivity contribution >= 4 is 17.7 Å². The Morgan fingerprint density at radius 2 is 2.11 bits per heavy atom. The van der Waals surface area contributed by atoms with E-state index in [9.17, 15) is 9.90 Å². The predicted molar refractivity (Wildman–Crippen MR) is 74.7 cm³/mol. The van der Waals surface area contributed by atoms with Crippen LogP contribution in [-0.4, -0.2) is 59.2 Å². The molecule has 0 aromatic rings. The molecule has 0 saturated carbocycles. The highest BCUT2D eigenvalue weighted by molar-refractivity contribution is 8.00. The lowest BCUT2D eigenvalue weighted by Gasteiger charge is -2.34. The number of nitrogens with one attached hydrogen (secondary N) is 1. The number of β-amino-alcohol motifs (C(OH)–C–C–N with tert-alkyl or cyclic N) is 1. The molecule has 0 aromatic carbocycles. The Bertz CT molecular complexity index is 282. The Balaban J connectivity index is 1.70. The molecule has 2 aliphatic heterocycles. The van der Waals surface area contributed by atoms with Crippen LogP contribution in [0, 0.1) is 5.92 Å². The number of thioether (sulfide) groups is 1. The third-order valence-electron chi connectivity index (χ3n) is 4.00. The topological polar surface area (TPSA) is 52.6 Å². The molecule has 18 heavy (non-hydrogen) atoms. The van der Waals surface area contributed by atoms with Crippen molar-refractivity contribution in [2.24, 2.45) is 5.92 Å². The maximum Gasteiger partial charge on any atom is 0.232 e. The summed E-state index contributed by atoms with van der Waals surface area (Å²) in [5.41, 5.74) is 0. The molecule has 2 atom stereocenters. The lowest BCUT2D eigenvalue weighted by Crippen LogP contribution is -2.46. The Hall–Kier alpha value is -0.260. The summed E-state index contributed by atoms with van der Waals surface area (Å²) >= 11 is 1.79. The molecule has 104 valence electrons. The minimum absolute atomic E-state index is 0.199. The standard InChI is InChI=1S/C13H24N2O2S/c1-10-4-7-15(8-12(10)16)13(17)9-18-11-2-5-14-6-3-11/h10-12,14,16H,2-9H2,1H3. The van der Waals surface area contributed by atoms with Crippen LogP contribution in [0.25, 0.3) is 0 Å². The summed E-state index contributed by atoms with van der Waals surface area (Å²) in [6, 6.07) is 0. The number of amides is 1. The van der Waals surface area contributed by atoms with Crippen LogP contribution < -0.4 is 5.32 Å². The quantitative estimate of drug-likeness (QED) is 0.794. The van der Waals surface area contributed by atoms with Crippen LogP contribution in [0.15, 0.2) is 0 Å². The van der Waals surface area contributed by atoms with Gasteiger partial charge in [0.15, 0.2) is 0 Å². The molecule has 0 radical (unpaired) electrons. The molecule has 2 rings (SSSR count). The molecule has 0 aliphatic carbocycles. The van der Waals surface area contributed by atoms with Crippen LogP contribution in [-0.2, 0) is 4.79 Å². The largest absolute Gasteiger partial charge is 0.391 e. The van der Waals surface area contributed by atoms with Gasteiger partial charge in [-0.15, -0.1) is 11.8 Å². The van der Waals surface area contributed by atoms with Crippen molar-refractivity contribution in [1.82, 2.24) is 10.2 Å². The molecule has 4 nitrogen and oxygen atoms in total. The first-order chi connectivity index (χ1) is 8.66. The van der Waals surface area contributed by atoms with Gasteiger partial charge in [-0.1, -0.05) is 6.92 Å². The molecule has 5 heteroatoms. The SMILES string of the molecule is CC1CCN(C(=O)CSC2CCNCC2)CC1O. The molecule has 2 unspecified atom stereocenters. The molecule has 0 aromatic heterocycles. The number of rotatable bonds is 3. The second-order valence-electron chi connectivity index (χ2n) is 5.43. The van der Waals surface area contributed by atoms with E-state index >= 15 is 0 Å². The second-order valence-corrected chi connectivity index (χ2v) is 6.72. The average molecular weight is 272 g/mol. The maximum atomic E-state index is 12.1. The Morgan fingerprint density at radius 3 is 2.78 bits per heavy atom. The van der Waals surface area contributed by atoms with Crippen LogP contribution in [0.1, 0.15) is 26.2 Å². The Labute approximate surface area is 113 Å². The fraction of sp³-hybridized carbons (Fsp3) is 0.923. The number of aliphatic hydroxyl groups excluding tert-OH is 1. The molecule has 2 N–H and O–H groups in total. The van der Waals surface area contributed by atoms with E-state index < -0.39 is 0 Å². The van der Waals surface area contributed by atoms with Gasteiger partial charge in [0, 0.05) is 18.3 Å². The fourth-order valence-electron chi connectivity index (χ4n) is 2.52. The number of likely N-dealkylation sites (tertiary alicyclic amines) is 1. The van der Waals surface area contributed by atoms with Gasteiger partial charge < -0.3 is 15.3 Å². The van der Waals surface area contributed by atoms with Gasteiger partial charge in [-0.2, -0.15) is 0 Å². The van der Waals surface area contributed by atoms with Crippen LogP contribution in [0.4, 0.5) is 0 Å². The Morgan fingerprint density at radius 1 is 1.39 bits per heavy atom. The summed E-state index contributed by atoms with van der Waals surface area (Å²) in [5.74, 6) is 1.10. The highest BCUT2D eigenvalue weighted by Gasteiger charge is 2.27. The summed E-state index contributed by atoms with van der Waals surface area (Å²) in [6.45, 7) is 5.53. The first-order valence-electron chi connectivity index (χ1n) is 6.95. The fourth-order valence-corrected chi connectivity index (χ4v) is 3.65. The summed E-state index contributed by atoms with van der Waals surface area (Å²) in [4.78, 5) is 13.9. The van der Waals surface area contributed by atoms with E-state index in [-0.39, 0.29) is 12.0 Å². The number of carbonyl (C=O) groups excluding carboxylic acids is 1. The van der Waals surface area contributed by atoms with Crippen molar-refractivity contribution in [3.05, 3.63) is 0 Å². The Kier molecular flexibility index (Phi) is 5.33. The van der Waals surface area contributed by atoms with Gasteiger partial charge in [-0.25, -0.2) is 0 Å². The van der Waals surface area contributed by atoms with E-state index in [0.29, 0.717) is 23.5 Å². The first-order valence-corrected chi connectivity index (χ1v) is 8.00. The number of carbonyl (C=O) groups is 1. The minimum Gasteiger partial charge on any atom is -0.391 e. The van der Waals surface area contributed by atoms with Crippen LogP contribution in [0.5, 0.6) is 0 Å². The lowest BCUT2D eigenvalue weighted by atomic mass is 9.96. The van der Waals surface area contributed by atoms with Crippen molar-refractivity contribution in [2.75, 3.05) is 31.9 Å². The molecule has 0 spiro atoms. The van der Waals surface area contributed by atoms with Crippen molar-refractivity contribution in [1.29, 1.82) is 0 Å². The molecule has 1 amide bonds. The number of piperidine rings is 2. The molecular weight excluding hydrogens is 248 g/mol. The van der Waals surface area contributed by atoms with Crippen molar-refractivity contribution < 1.29 is 9.90 Å². The zero-order valence-electron chi connectivity index (χ0n) is 11.1. The number of hydrogen-bond donors (Lipinski definition) is 2. The third kappa shape index (κ3) is 3.87. The molecule has 0 bridgehead atoms. The minimum atomic E-state index is -0.341. The van der Waals surface area contributed by atoms with E-state index in [4.69, 9.17) is 0 Å². The van der Waals surface area contributed by atoms with Gasteiger partial charge in [-0.3, -0.25) is 4.79 Å². The first kappa shape index (κ1) is 14.2. The number of aliphatic hydroxyl groups is 1. The van der Waals surface area contributed by atoms with E-state index in [1.807, 2.05) is 4.90 Å². The van der Waals surface area contributed by atoms with Gasteiger partial charge in [0.25, 0.3) is 0 Å². The summed E-state index contributed by atoms with van der Waals surface area (Å²) < 4.78 is 0. The monoisotopic (exact) mass is 272 g/mol. The van der Waals surface area contributed by atoms with Gasteiger partial charge >= 0.3 is 0 Å². The molecule has 2 heterocycles.